The maximum absolute atomic E-state index is 5.83. The maximum Gasteiger partial charge on any atom is 0.0597 e. The molecule has 3 nitrogen and oxygen atoms in total. The van der Waals surface area contributed by atoms with Crippen molar-refractivity contribution in [1.29, 1.82) is 0 Å². The number of likely N-dealkylation sites (tertiary alicyclic amines) is 1. The summed E-state index contributed by atoms with van der Waals surface area (Å²) in [4.78, 5) is 2.50. The zero-order valence-electron chi connectivity index (χ0n) is 11.9. The molecule has 0 amide bonds. The first-order valence-electron chi connectivity index (χ1n) is 7.23. The highest BCUT2D eigenvalue weighted by atomic mass is 16.5. The summed E-state index contributed by atoms with van der Waals surface area (Å²) in [5, 5.41) is 3.46. The van der Waals surface area contributed by atoms with E-state index < -0.39 is 0 Å². The lowest BCUT2D eigenvalue weighted by Gasteiger charge is -2.18. The Morgan fingerprint density at radius 3 is 2.53 bits per heavy atom. The molecule has 102 valence electrons. The van der Waals surface area contributed by atoms with Crippen LogP contribution in [0.4, 0.5) is 0 Å². The summed E-state index contributed by atoms with van der Waals surface area (Å²) in [6.45, 7) is 13.4. The van der Waals surface area contributed by atoms with Crippen LogP contribution >= 0.6 is 0 Å². The zero-order valence-corrected chi connectivity index (χ0v) is 11.9. The Morgan fingerprint density at radius 2 is 1.88 bits per heavy atom. The Bertz CT molecular complexity index is 179. The normalized spacial score (nSPS) is 19.1. The molecule has 3 heteroatoms. The van der Waals surface area contributed by atoms with E-state index in [0.29, 0.717) is 6.10 Å². The van der Waals surface area contributed by atoms with Crippen molar-refractivity contribution >= 4 is 0 Å². The van der Waals surface area contributed by atoms with Gasteiger partial charge in [0.25, 0.3) is 0 Å². The van der Waals surface area contributed by atoms with Crippen LogP contribution in [0.1, 0.15) is 40.0 Å². The molecular weight excluding hydrogens is 212 g/mol. The van der Waals surface area contributed by atoms with E-state index >= 15 is 0 Å². The van der Waals surface area contributed by atoms with Crippen LogP contribution in [0.3, 0.4) is 0 Å². The quantitative estimate of drug-likeness (QED) is 0.627. The molecule has 1 N–H and O–H groups in total. The Morgan fingerprint density at radius 1 is 1.18 bits per heavy atom. The molecule has 1 aliphatic heterocycles. The second kappa shape index (κ2) is 8.90. The van der Waals surface area contributed by atoms with Crippen LogP contribution in [0.2, 0.25) is 0 Å². The van der Waals surface area contributed by atoms with E-state index in [2.05, 4.69) is 31.0 Å². The van der Waals surface area contributed by atoms with Gasteiger partial charge in [0.1, 0.15) is 0 Å². The fourth-order valence-corrected chi connectivity index (χ4v) is 2.17. The van der Waals surface area contributed by atoms with Crippen molar-refractivity contribution < 1.29 is 4.74 Å². The van der Waals surface area contributed by atoms with Gasteiger partial charge in [-0.1, -0.05) is 13.8 Å². The van der Waals surface area contributed by atoms with Crippen LogP contribution in [0.25, 0.3) is 0 Å². The van der Waals surface area contributed by atoms with Crippen molar-refractivity contribution in [2.45, 2.75) is 46.1 Å². The van der Waals surface area contributed by atoms with Gasteiger partial charge in [0, 0.05) is 6.54 Å². The standard InChI is InChI=1S/C14H30N2O/c1-13(2)12-15-7-6-14(3)17-11-10-16-8-4-5-9-16/h13-15H,4-12H2,1-3H3. The first-order valence-corrected chi connectivity index (χ1v) is 7.23. The molecule has 0 saturated carbocycles. The van der Waals surface area contributed by atoms with Crippen molar-refractivity contribution in [3.8, 4) is 0 Å². The first kappa shape index (κ1) is 14.9. The molecule has 1 rings (SSSR count). The van der Waals surface area contributed by atoms with E-state index in [1.807, 2.05) is 0 Å². The molecule has 0 bridgehead atoms. The van der Waals surface area contributed by atoms with Gasteiger partial charge in [-0.05, 0) is 58.3 Å². The van der Waals surface area contributed by atoms with Crippen molar-refractivity contribution in [1.82, 2.24) is 10.2 Å². The molecule has 0 radical (unpaired) electrons. The minimum Gasteiger partial charge on any atom is -0.377 e. The molecule has 1 fully saturated rings. The number of rotatable bonds is 9. The van der Waals surface area contributed by atoms with E-state index in [0.717, 1.165) is 38.6 Å². The summed E-state index contributed by atoms with van der Waals surface area (Å²) in [5.74, 6) is 0.737. The minimum atomic E-state index is 0.386. The maximum atomic E-state index is 5.83. The summed E-state index contributed by atoms with van der Waals surface area (Å²) >= 11 is 0. The summed E-state index contributed by atoms with van der Waals surface area (Å²) in [6, 6.07) is 0. The van der Waals surface area contributed by atoms with Gasteiger partial charge in [-0.3, -0.25) is 0 Å². The number of hydrogen-bond acceptors (Lipinski definition) is 3. The summed E-state index contributed by atoms with van der Waals surface area (Å²) in [7, 11) is 0. The lowest BCUT2D eigenvalue weighted by molar-refractivity contribution is 0.0473. The van der Waals surface area contributed by atoms with Gasteiger partial charge in [0.2, 0.25) is 0 Å². The molecule has 0 spiro atoms. The highest BCUT2D eigenvalue weighted by Crippen LogP contribution is 2.06. The third-order valence-corrected chi connectivity index (χ3v) is 3.29. The molecule has 1 heterocycles. The average molecular weight is 242 g/mol. The largest absolute Gasteiger partial charge is 0.377 e. The number of nitrogens with one attached hydrogen (secondary N) is 1. The fraction of sp³-hybridized carbons (Fsp3) is 1.00. The van der Waals surface area contributed by atoms with Crippen LogP contribution in [0.15, 0.2) is 0 Å². The lowest BCUT2D eigenvalue weighted by atomic mass is 10.2. The molecule has 0 aromatic heterocycles. The molecule has 0 aromatic rings. The molecule has 0 aromatic carbocycles. The third-order valence-electron chi connectivity index (χ3n) is 3.29. The van der Waals surface area contributed by atoms with Gasteiger partial charge in [-0.2, -0.15) is 0 Å². The van der Waals surface area contributed by atoms with Gasteiger partial charge in [0.05, 0.1) is 12.7 Å². The number of nitrogens with zero attached hydrogens (tertiary/aromatic N) is 1. The lowest BCUT2D eigenvalue weighted by Crippen LogP contribution is -2.28. The fourth-order valence-electron chi connectivity index (χ4n) is 2.17. The summed E-state index contributed by atoms with van der Waals surface area (Å²) < 4.78 is 5.83. The van der Waals surface area contributed by atoms with Crippen LogP contribution in [-0.2, 0) is 4.74 Å². The Labute approximate surface area is 107 Å². The predicted molar refractivity (Wildman–Crippen MR) is 73.4 cm³/mol. The van der Waals surface area contributed by atoms with Crippen molar-refractivity contribution in [2.24, 2.45) is 5.92 Å². The molecular formula is C14H30N2O. The molecule has 17 heavy (non-hydrogen) atoms. The van der Waals surface area contributed by atoms with Gasteiger partial charge in [0.15, 0.2) is 0 Å². The zero-order chi connectivity index (χ0) is 12.5. The average Bonchev–Trinajstić information content (AvgIpc) is 2.77. The Balaban J connectivity index is 1.88. The van der Waals surface area contributed by atoms with Gasteiger partial charge < -0.3 is 15.0 Å². The van der Waals surface area contributed by atoms with Crippen LogP contribution in [-0.4, -0.2) is 50.3 Å². The van der Waals surface area contributed by atoms with E-state index in [9.17, 15) is 0 Å². The van der Waals surface area contributed by atoms with Crippen molar-refractivity contribution in [2.75, 3.05) is 39.3 Å². The van der Waals surface area contributed by atoms with Gasteiger partial charge >= 0.3 is 0 Å². The molecule has 1 unspecified atom stereocenters. The van der Waals surface area contributed by atoms with Crippen molar-refractivity contribution in [3.63, 3.8) is 0 Å². The van der Waals surface area contributed by atoms with Crippen LogP contribution in [0.5, 0.6) is 0 Å². The van der Waals surface area contributed by atoms with E-state index in [-0.39, 0.29) is 0 Å². The minimum absolute atomic E-state index is 0.386. The smallest absolute Gasteiger partial charge is 0.0597 e. The topological polar surface area (TPSA) is 24.5 Å². The second-order valence-corrected chi connectivity index (χ2v) is 5.62. The molecule has 0 aliphatic carbocycles. The third kappa shape index (κ3) is 7.74. The summed E-state index contributed by atoms with van der Waals surface area (Å²) in [6.07, 6.45) is 4.24. The van der Waals surface area contributed by atoms with Gasteiger partial charge in [-0.15, -0.1) is 0 Å². The Kier molecular flexibility index (Phi) is 7.82. The van der Waals surface area contributed by atoms with Crippen molar-refractivity contribution in [3.05, 3.63) is 0 Å². The monoisotopic (exact) mass is 242 g/mol. The Hall–Kier alpha value is -0.120. The molecule has 1 saturated heterocycles. The van der Waals surface area contributed by atoms with Crippen LogP contribution in [0, 0.1) is 5.92 Å². The number of hydrogen-bond donors (Lipinski definition) is 1. The highest BCUT2D eigenvalue weighted by molar-refractivity contribution is 4.65. The number of ether oxygens (including phenoxy) is 1. The van der Waals surface area contributed by atoms with E-state index in [1.54, 1.807) is 0 Å². The van der Waals surface area contributed by atoms with E-state index in [1.165, 1.54) is 25.9 Å². The van der Waals surface area contributed by atoms with Gasteiger partial charge in [-0.25, -0.2) is 0 Å². The van der Waals surface area contributed by atoms with Crippen LogP contribution < -0.4 is 5.32 Å². The highest BCUT2D eigenvalue weighted by Gasteiger charge is 2.11. The van der Waals surface area contributed by atoms with E-state index in [4.69, 9.17) is 4.74 Å². The summed E-state index contributed by atoms with van der Waals surface area (Å²) in [5.41, 5.74) is 0. The molecule has 1 aliphatic rings. The second-order valence-electron chi connectivity index (χ2n) is 5.62. The predicted octanol–water partition coefficient (Wildman–Crippen LogP) is 2.12. The SMILES string of the molecule is CC(C)CNCCC(C)OCCN1CCCC1. The first-order chi connectivity index (χ1) is 8.18. The molecule has 1 atom stereocenters.